The molecule has 2 N–H and O–H groups in total. The van der Waals surface area contributed by atoms with Crippen LogP contribution in [0.3, 0.4) is 0 Å². The van der Waals surface area contributed by atoms with E-state index in [9.17, 15) is 0 Å². The van der Waals surface area contributed by atoms with E-state index in [1.807, 2.05) is 0 Å². The molecule has 1 rings (SSSR count). The van der Waals surface area contributed by atoms with Gasteiger partial charge in [-0.25, -0.2) is 0 Å². The fourth-order valence-electron chi connectivity index (χ4n) is 1.93. The lowest BCUT2D eigenvalue weighted by molar-refractivity contribution is 1.02. The van der Waals surface area contributed by atoms with Crippen molar-refractivity contribution < 1.29 is 0 Å². The Bertz CT molecular complexity index is 346. The Morgan fingerprint density at radius 1 is 1.20 bits per heavy atom. The third-order valence-electron chi connectivity index (χ3n) is 2.80. The minimum absolute atomic E-state index is 0.656. The van der Waals surface area contributed by atoms with Gasteiger partial charge in [0.2, 0.25) is 0 Å². The van der Waals surface area contributed by atoms with E-state index in [1.165, 1.54) is 27.8 Å². The lowest BCUT2D eigenvalue weighted by Crippen LogP contribution is -2.02. The van der Waals surface area contributed by atoms with Crippen molar-refractivity contribution in [3.8, 4) is 0 Å². The summed E-state index contributed by atoms with van der Waals surface area (Å²) >= 11 is 0. The SMILES string of the molecule is CCC(=Cc1c(C)cc(C)cc1C)CN. The topological polar surface area (TPSA) is 26.0 Å². The van der Waals surface area contributed by atoms with Crippen LogP contribution in [0.2, 0.25) is 0 Å². The number of aryl methyl sites for hydroxylation is 3. The molecule has 0 saturated carbocycles. The summed E-state index contributed by atoms with van der Waals surface area (Å²) in [6.45, 7) is 9.27. The van der Waals surface area contributed by atoms with Crippen LogP contribution in [0.15, 0.2) is 17.7 Å². The molecule has 0 amide bonds. The molecular formula is C14H21N. The summed E-state index contributed by atoms with van der Waals surface area (Å²) in [5.41, 5.74) is 12.3. The molecule has 0 bridgehead atoms. The normalized spacial score (nSPS) is 11.9. The molecule has 1 nitrogen and oxygen atoms in total. The van der Waals surface area contributed by atoms with Crippen LogP contribution in [0.1, 0.15) is 35.6 Å². The van der Waals surface area contributed by atoms with Gasteiger partial charge in [-0.3, -0.25) is 0 Å². The lowest BCUT2D eigenvalue weighted by Gasteiger charge is -2.09. The summed E-state index contributed by atoms with van der Waals surface area (Å²) in [5.74, 6) is 0. The molecule has 0 saturated heterocycles. The van der Waals surface area contributed by atoms with E-state index in [0.717, 1.165) is 6.42 Å². The molecule has 1 heteroatoms. The number of hydrogen-bond acceptors (Lipinski definition) is 1. The molecule has 0 fully saturated rings. The highest BCUT2D eigenvalue weighted by molar-refractivity contribution is 5.61. The lowest BCUT2D eigenvalue weighted by atomic mass is 9.97. The molecule has 0 radical (unpaired) electrons. The van der Waals surface area contributed by atoms with Crippen molar-refractivity contribution in [3.05, 3.63) is 40.0 Å². The first-order valence-corrected chi connectivity index (χ1v) is 5.55. The van der Waals surface area contributed by atoms with Gasteiger partial charge in [0.1, 0.15) is 0 Å². The van der Waals surface area contributed by atoms with Crippen LogP contribution in [-0.2, 0) is 0 Å². The molecule has 0 unspecified atom stereocenters. The molecule has 0 heterocycles. The molecule has 0 aliphatic carbocycles. The fourth-order valence-corrected chi connectivity index (χ4v) is 1.93. The summed E-state index contributed by atoms with van der Waals surface area (Å²) < 4.78 is 0. The minimum Gasteiger partial charge on any atom is -0.327 e. The van der Waals surface area contributed by atoms with Gasteiger partial charge in [-0.1, -0.05) is 36.3 Å². The third kappa shape index (κ3) is 2.93. The Labute approximate surface area is 93.0 Å². The zero-order valence-corrected chi connectivity index (χ0v) is 10.2. The predicted octanol–water partition coefficient (Wildman–Crippen LogP) is 3.36. The number of benzene rings is 1. The maximum Gasteiger partial charge on any atom is 0.0140 e. The highest BCUT2D eigenvalue weighted by Crippen LogP contribution is 2.19. The molecule has 0 aliphatic rings. The number of hydrogen-bond donors (Lipinski definition) is 1. The Morgan fingerprint density at radius 3 is 2.13 bits per heavy atom. The summed E-state index contributed by atoms with van der Waals surface area (Å²) in [7, 11) is 0. The van der Waals surface area contributed by atoms with Gasteiger partial charge in [0.05, 0.1) is 0 Å². The number of rotatable bonds is 3. The Morgan fingerprint density at radius 2 is 1.73 bits per heavy atom. The van der Waals surface area contributed by atoms with Crippen LogP contribution in [0.25, 0.3) is 6.08 Å². The van der Waals surface area contributed by atoms with Crippen LogP contribution in [-0.4, -0.2) is 6.54 Å². The van der Waals surface area contributed by atoms with Crippen molar-refractivity contribution in [3.63, 3.8) is 0 Å². The van der Waals surface area contributed by atoms with Crippen molar-refractivity contribution in [1.29, 1.82) is 0 Å². The molecular weight excluding hydrogens is 182 g/mol. The van der Waals surface area contributed by atoms with E-state index < -0.39 is 0 Å². The Hall–Kier alpha value is -1.08. The first-order valence-electron chi connectivity index (χ1n) is 5.55. The molecule has 0 spiro atoms. The molecule has 0 atom stereocenters. The standard InChI is InChI=1S/C14H21N/c1-5-13(9-15)8-14-11(3)6-10(2)7-12(14)4/h6-8H,5,9,15H2,1-4H3. The molecule has 1 aromatic carbocycles. The first-order chi connectivity index (χ1) is 7.08. The second kappa shape index (κ2) is 5.13. The Balaban J connectivity index is 3.20. The predicted molar refractivity (Wildman–Crippen MR) is 68.0 cm³/mol. The molecule has 15 heavy (non-hydrogen) atoms. The van der Waals surface area contributed by atoms with Crippen molar-refractivity contribution >= 4 is 6.08 Å². The van der Waals surface area contributed by atoms with E-state index in [0.29, 0.717) is 6.54 Å². The largest absolute Gasteiger partial charge is 0.327 e. The quantitative estimate of drug-likeness (QED) is 0.801. The highest BCUT2D eigenvalue weighted by atomic mass is 14.5. The third-order valence-corrected chi connectivity index (χ3v) is 2.80. The summed E-state index contributed by atoms with van der Waals surface area (Å²) in [6, 6.07) is 4.45. The maximum absolute atomic E-state index is 5.69. The van der Waals surface area contributed by atoms with Crippen molar-refractivity contribution in [1.82, 2.24) is 0 Å². The first kappa shape index (κ1) is 12.0. The average molecular weight is 203 g/mol. The van der Waals surface area contributed by atoms with Gasteiger partial charge in [0.25, 0.3) is 0 Å². The van der Waals surface area contributed by atoms with Crippen molar-refractivity contribution in [2.24, 2.45) is 5.73 Å². The van der Waals surface area contributed by atoms with E-state index in [2.05, 4.69) is 45.9 Å². The highest BCUT2D eigenvalue weighted by Gasteiger charge is 2.02. The van der Waals surface area contributed by atoms with Crippen LogP contribution < -0.4 is 5.73 Å². The van der Waals surface area contributed by atoms with Crippen molar-refractivity contribution in [2.45, 2.75) is 34.1 Å². The molecule has 82 valence electrons. The zero-order valence-electron chi connectivity index (χ0n) is 10.2. The van der Waals surface area contributed by atoms with Crippen LogP contribution >= 0.6 is 0 Å². The fraction of sp³-hybridized carbons (Fsp3) is 0.429. The monoisotopic (exact) mass is 203 g/mol. The Kier molecular flexibility index (Phi) is 4.10. The van der Waals surface area contributed by atoms with Gasteiger partial charge in [0.15, 0.2) is 0 Å². The average Bonchev–Trinajstić information content (AvgIpc) is 2.17. The summed E-state index contributed by atoms with van der Waals surface area (Å²) in [4.78, 5) is 0. The van der Waals surface area contributed by atoms with Crippen molar-refractivity contribution in [2.75, 3.05) is 6.54 Å². The van der Waals surface area contributed by atoms with E-state index in [4.69, 9.17) is 5.73 Å². The van der Waals surface area contributed by atoms with Gasteiger partial charge < -0.3 is 5.73 Å². The molecule has 0 aromatic heterocycles. The van der Waals surface area contributed by atoms with E-state index in [-0.39, 0.29) is 0 Å². The summed E-state index contributed by atoms with van der Waals surface area (Å²) in [5, 5.41) is 0. The van der Waals surface area contributed by atoms with Gasteiger partial charge in [0, 0.05) is 6.54 Å². The second-order valence-corrected chi connectivity index (χ2v) is 4.17. The minimum atomic E-state index is 0.656. The maximum atomic E-state index is 5.69. The smallest absolute Gasteiger partial charge is 0.0140 e. The van der Waals surface area contributed by atoms with E-state index >= 15 is 0 Å². The van der Waals surface area contributed by atoms with Crippen LogP contribution in [0.4, 0.5) is 0 Å². The van der Waals surface area contributed by atoms with Gasteiger partial charge >= 0.3 is 0 Å². The number of nitrogens with two attached hydrogens (primary N) is 1. The second-order valence-electron chi connectivity index (χ2n) is 4.17. The molecule has 0 aliphatic heterocycles. The summed E-state index contributed by atoms with van der Waals surface area (Å²) in [6.07, 6.45) is 3.27. The zero-order chi connectivity index (χ0) is 11.4. The van der Waals surface area contributed by atoms with Gasteiger partial charge in [-0.05, 0) is 43.9 Å². The van der Waals surface area contributed by atoms with Crippen LogP contribution in [0.5, 0.6) is 0 Å². The molecule has 1 aromatic rings. The van der Waals surface area contributed by atoms with E-state index in [1.54, 1.807) is 0 Å². The van der Waals surface area contributed by atoms with Gasteiger partial charge in [-0.2, -0.15) is 0 Å². The van der Waals surface area contributed by atoms with Gasteiger partial charge in [-0.15, -0.1) is 0 Å². The van der Waals surface area contributed by atoms with Crippen LogP contribution in [0, 0.1) is 20.8 Å².